The topological polar surface area (TPSA) is 71.0 Å². The number of nitrogens with zero attached hydrogens (tertiary/aromatic N) is 4. The van der Waals surface area contributed by atoms with E-state index in [9.17, 15) is 9.18 Å². The molecular formula is C22H23ClFN5OS. The molecule has 0 radical (unpaired) electrons. The van der Waals surface area contributed by atoms with Gasteiger partial charge < -0.3 is 10.2 Å². The number of amides is 1. The predicted octanol–water partition coefficient (Wildman–Crippen LogP) is 5.18. The largest absolute Gasteiger partial charge is 0.339 e. The summed E-state index contributed by atoms with van der Waals surface area (Å²) >= 11 is 7.40. The van der Waals surface area contributed by atoms with Gasteiger partial charge in [0, 0.05) is 42.3 Å². The molecule has 9 heteroatoms. The third kappa shape index (κ3) is 5.19. The van der Waals surface area contributed by atoms with Gasteiger partial charge in [-0.25, -0.2) is 19.3 Å². The van der Waals surface area contributed by atoms with E-state index < -0.39 is 5.82 Å². The molecule has 1 aromatic carbocycles. The van der Waals surface area contributed by atoms with Crippen LogP contribution >= 0.6 is 22.9 Å². The molecule has 3 aromatic rings. The van der Waals surface area contributed by atoms with Gasteiger partial charge in [-0.1, -0.05) is 17.7 Å². The summed E-state index contributed by atoms with van der Waals surface area (Å²) in [6.07, 6.45) is 4.20. The second kappa shape index (κ2) is 9.28. The first-order valence-electron chi connectivity index (χ1n) is 10.2. The predicted molar refractivity (Wildman–Crippen MR) is 121 cm³/mol. The number of halogens is 2. The molecule has 0 atom stereocenters. The quantitative estimate of drug-likeness (QED) is 0.569. The fourth-order valence-corrected chi connectivity index (χ4v) is 4.59. The van der Waals surface area contributed by atoms with Crippen LogP contribution in [0.3, 0.4) is 0 Å². The highest BCUT2D eigenvalue weighted by Crippen LogP contribution is 2.26. The number of aromatic nitrogens is 3. The van der Waals surface area contributed by atoms with Crippen molar-refractivity contribution in [2.24, 2.45) is 5.92 Å². The van der Waals surface area contributed by atoms with Crippen LogP contribution in [0.5, 0.6) is 0 Å². The molecule has 1 N–H and O–H groups in total. The second-order valence-corrected chi connectivity index (χ2v) is 9.39. The number of aryl methyl sites for hydroxylation is 2. The maximum Gasteiger partial charge on any atom is 0.256 e. The maximum atomic E-state index is 14.2. The third-order valence-corrected chi connectivity index (χ3v) is 6.43. The van der Waals surface area contributed by atoms with E-state index >= 15 is 0 Å². The Hall–Kier alpha value is -2.58. The number of hydrogen-bond acceptors (Lipinski definition) is 6. The van der Waals surface area contributed by atoms with Gasteiger partial charge in [0.15, 0.2) is 10.9 Å². The van der Waals surface area contributed by atoms with Gasteiger partial charge in [0.2, 0.25) is 0 Å². The number of anilines is 2. The number of piperidine rings is 1. The van der Waals surface area contributed by atoms with Gasteiger partial charge in [0.25, 0.3) is 5.91 Å². The Labute approximate surface area is 189 Å². The van der Waals surface area contributed by atoms with Crippen molar-refractivity contribution < 1.29 is 9.18 Å². The van der Waals surface area contributed by atoms with E-state index in [0.717, 1.165) is 46.6 Å². The lowest BCUT2D eigenvalue weighted by atomic mass is 9.92. The summed E-state index contributed by atoms with van der Waals surface area (Å²) in [5.74, 6) is 0.919. The highest BCUT2D eigenvalue weighted by atomic mass is 35.5. The molecule has 1 saturated heterocycles. The van der Waals surface area contributed by atoms with Gasteiger partial charge in [-0.3, -0.25) is 4.79 Å². The van der Waals surface area contributed by atoms with Crippen molar-refractivity contribution in [3.63, 3.8) is 0 Å². The first kappa shape index (κ1) is 21.6. The van der Waals surface area contributed by atoms with E-state index in [2.05, 4.69) is 20.3 Å². The molecular weight excluding hydrogens is 437 g/mol. The molecule has 4 rings (SSSR count). The molecule has 0 bridgehead atoms. The van der Waals surface area contributed by atoms with Crippen LogP contribution in [0.4, 0.5) is 15.3 Å². The lowest BCUT2D eigenvalue weighted by Crippen LogP contribution is -2.39. The molecule has 1 aliphatic heterocycles. The minimum absolute atomic E-state index is 0.0288. The van der Waals surface area contributed by atoms with Crippen molar-refractivity contribution in [3.8, 4) is 0 Å². The number of benzene rings is 1. The number of likely N-dealkylation sites (tertiary alicyclic amines) is 1. The number of carbonyl (C=O) groups excluding carboxylic acids is 1. The van der Waals surface area contributed by atoms with E-state index in [1.54, 1.807) is 22.3 Å². The van der Waals surface area contributed by atoms with E-state index in [1.165, 1.54) is 12.1 Å². The number of carbonyl (C=O) groups is 1. The standard InChI is InChI=1S/C22H23ClFN5OS/c1-13-10-18(28-22-25-12-14(2)31-22)27-19(26-13)11-15-6-8-29(9-7-15)21(30)16-4-3-5-17(23)20(16)24/h3-5,10,12,15H,6-9,11H2,1-2H3,(H,25,26,27,28). The van der Waals surface area contributed by atoms with Crippen molar-refractivity contribution in [2.45, 2.75) is 33.1 Å². The van der Waals surface area contributed by atoms with Crippen molar-refractivity contribution >= 4 is 39.8 Å². The average molecular weight is 460 g/mol. The number of nitrogens with one attached hydrogen (secondary N) is 1. The highest BCUT2D eigenvalue weighted by Gasteiger charge is 2.26. The fraction of sp³-hybridized carbons (Fsp3) is 0.364. The Morgan fingerprint density at radius 1 is 1.29 bits per heavy atom. The van der Waals surface area contributed by atoms with Crippen LogP contribution in [0.25, 0.3) is 0 Å². The van der Waals surface area contributed by atoms with Gasteiger partial charge in [-0.15, -0.1) is 11.3 Å². The average Bonchev–Trinajstić information content (AvgIpc) is 3.14. The number of hydrogen-bond donors (Lipinski definition) is 1. The summed E-state index contributed by atoms with van der Waals surface area (Å²) < 4.78 is 14.2. The molecule has 162 valence electrons. The number of rotatable bonds is 5. The van der Waals surface area contributed by atoms with Gasteiger partial charge >= 0.3 is 0 Å². The summed E-state index contributed by atoms with van der Waals surface area (Å²) in [4.78, 5) is 29.1. The third-order valence-electron chi connectivity index (χ3n) is 5.31. The minimum atomic E-state index is -0.653. The molecule has 1 amide bonds. The first-order chi connectivity index (χ1) is 14.9. The summed E-state index contributed by atoms with van der Waals surface area (Å²) in [7, 11) is 0. The summed E-state index contributed by atoms with van der Waals surface area (Å²) in [6, 6.07) is 6.43. The SMILES string of the molecule is Cc1cc(Nc2ncc(C)s2)nc(CC2CCN(C(=O)c3cccc(Cl)c3F)CC2)n1. The molecule has 2 aromatic heterocycles. The van der Waals surface area contributed by atoms with Gasteiger partial charge in [-0.2, -0.15) is 0 Å². The zero-order valence-corrected chi connectivity index (χ0v) is 18.9. The van der Waals surface area contributed by atoms with Gasteiger partial charge in [0.05, 0.1) is 10.6 Å². The van der Waals surface area contributed by atoms with Crippen molar-refractivity contribution in [2.75, 3.05) is 18.4 Å². The van der Waals surface area contributed by atoms with E-state index in [4.69, 9.17) is 11.6 Å². The molecule has 1 fully saturated rings. The smallest absolute Gasteiger partial charge is 0.256 e. The Balaban J connectivity index is 1.37. The molecule has 0 saturated carbocycles. The Morgan fingerprint density at radius 2 is 2.06 bits per heavy atom. The van der Waals surface area contributed by atoms with Crippen LogP contribution in [0, 0.1) is 25.6 Å². The Morgan fingerprint density at radius 3 is 2.77 bits per heavy atom. The summed E-state index contributed by atoms with van der Waals surface area (Å²) in [5, 5.41) is 4.02. The number of thiazole rings is 1. The van der Waals surface area contributed by atoms with E-state index in [0.29, 0.717) is 19.0 Å². The van der Waals surface area contributed by atoms with Gasteiger partial charge in [-0.05, 0) is 44.7 Å². The normalized spacial score (nSPS) is 14.6. The molecule has 0 aliphatic carbocycles. The molecule has 31 heavy (non-hydrogen) atoms. The van der Waals surface area contributed by atoms with Crippen LogP contribution in [0.2, 0.25) is 5.02 Å². The Kier molecular flexibility index (Phi) is 6.48. The van der Waals surface area contributed by atoms with Crippen LogP contribution < -0.4 is 5.32 Å². The lowest BCUT2D eigenvalue weighted by molar-refractivity contribution is 0.0685. The zero-order chi connectivity index (χ0) is 22.0. The molecule has 0 unspecified atom stereocenters. The zero-order valence-electron chi connectivity index (χ0n) is 17.4. The minimum Gasteiger partial charge on any atom is -0.339 e. The van der Waals surface area contributed by atoms with Crippen LogP contribution in [-0.2, 0) is 6.42 Å². The first-order valence-corrected chi connectivity index (χ1v) is 11.4. The molecule has 1 aliphatic rings. The van der Waals surface area contributed by atoms with E-state index in [1.807, 2.05) is 26.1 Å². The van der Waals surface area contributed by atoms with Crippen molar-refractivity contribution in [1.29, 1.82) is 0 Å². The monoisotopic (exact) mass is 459 g/mol. The molecule has 6 nitrogen and oxygen atoms in total. The fourth-order valence-electron chi connectivity index (χ4n) is 3.75. The second-order valence-electron chi connectivity index (χ2n) is 7.75. The summed E-state index contributed by atoms with van der Waals surface area (Å²) in [6.45, 7) is 5.11. The van der Waals surface area contributed by atoms with Crippen LogP contribution in [-0.4, -0.2) is 38.8 Å². The Bertz CT molecular complexity index is 1100. The van der Waals surface area contributed by atoms with Crippen molar-refractivity contribution in [3.05, 3.63) is 63.3 Å². The van der Waals surface area contributed by atoms with Crippen molar-refractivity contribution in [1.82, 2.24) is 19.9 Å². The molecule has 3 heterocycles. The molecule has 0 spiro atoms. The van der Waals surface area contributed by atoms with Gasteiger partial charge in [0.1, 0.15) is 11.6 Å². The maximum absolute atomic E-state index is 14.2. The summed E-state index contributed by atoms with van der Waals surface area (Å²) in [5.41, 5.74) is 0.922. The highest BCUT2D eigenvalue weighted by molar-refractivity contribution is 7.15. The van der Waals surface area contributed by atoms with Crippen LogP contribution in [0.1, 0.15) is 39.6 Å². The van der Waals surface area contributed by atoms with E-state index in [-0.39, 0.29) is 16.5 Å². The lowest BCUT2D eigenvalue weighted by Gasteiger charge is -2.32. The van der Waals surface area contributed by atoms with Crippen LogP contribution in [0.15, 0.2) is 30.5 Å².